The van der Waals surface area contributed by atoms with Gasteiger partial charge in [-0.3, -0.25) is 9.59 Å². The van der Waals surface area contributed by atoms with Crippen LogP contribution in [0.1, 0.15) is 30.3 Å². The average molecular weight is 372 g/mol. The Hall–Kier alpha value is -2.85. The standard InChI is InChI=1S/C18H16N2O7/c1-18(27)16(25)11-9(15(24)17(18)26)8-10(12(11)20-19)14(23)7-5(13(8)22)3-2-4-6(7)21/h2-4,15-17,21,24-27H,19H2,1H3. The van der Waals surface area contributed by atoms with Gasteiger partial charge in [0.1, 0.15) is 35.0 Å². The van der Waals surface area contributed by atoms with E-state index in [0.29, 0.717) is 0 Å². The lowest BCUT2D eigenvalue weighted by Gasteiger charge is -2.41. The van der Waals surface area contributed by atoms with E-state index in [2.05, 4.69) is 5.10 Å². The van der Waals surface area contributed by atoms with Crippen LogP contribution in [0.2, 0.25) is 0 Å². The highest BCUT2D eigenvalue weighted by atomic mass is 16.4. The van der Waals surface area contributed by atoms with Gasteiger partial charge in [0.2, 0.25) is 5.43 Å². The third kappa shape index (κ3) is 1.94. The van der Waals surface area contributed by atoms with Crippen molar-refractivity contribution in [2.45, 2.75) is 30.8 Å². The third-order valence-corrected chi connectivity index (χ3v) is 5.42. The van der Waals surface area contributed by atoms with Crippen molar-refractivity contribution in [2.75, 3.05) is 0 Å². The maximum absolute atomic E-state index is 13.0. The minimum absolute atomic E-state index is 0.0858. The molecule has 4 unspecified atom stereocenters. The van der Waals surface area contributed by atoms with Crippen LogP contribution in [0.5, 0.6) is 5.75 Å². The average Bonchev–Trinajstić information content (AvgIpc) is 2.98. The molecule has 7 N–H and O–H groups in total. The zero-order chi connectivity index (χ0) is 19.8. The smallest absolute Gasteiger partial charge is 0.200 e. The first-order chi connectivity index (χ1) is 12.6. The predicted molar refractivity (Wildman–Crippen MR) is 92.1 cm³/mol. The van der Waals surface area contributed by atoms with Crippen LogP contribution in [0.4, 0.5) is 0 Å². The Balaban J connectivity index is 2.41. The van der Waals surface area contributed by atoms with Crippen molar-refractivity contribution in [1.82, 2.24) is 0 Å². The van der Waals surface area contributed by atoms with Gasteiger partial charge in [-0.1, -0.05) is 12.1 Å². The zero-order valence-corrected chi connectivity index (χ0v) is 14.0. The first-order valence-corrected chi connectivity index (χ1v) is 8.09. The molecule has 27 heavy (non-hydrogen) atoms. The summed E-state index contributed by atoms with van der Waals surface area (Å²) in [5.41, 5.74) is -4.02. The van der Waals surface area contributed by atoms with Crippen LogP contribution in [0.15, 0.2) is 32.9 Å². The number of hydrogen-bond acceptors (Lipinski definition) is 9. The fourth-order valence-electron chi connectivity index (χ4n) is 3.98. The third-order valence-electron chi connectivity index (χ3n) is 5.42. The van der Waals surface area contributed by atoms with Gasteiger partial charge in [0.25, 0.3) is 0 Å². The van der Waals surface area contributed by atoms with E-state index in [1.807, 2.05) is 0 Å². The minimum Gasteiger partial charge on any atom is -0.507 e. The molecular weight excluding hydrogens is 356 g/mol. The number of phenolic OH excluding ortho intramolecular Hbond substituents is 1. The molecule has 1 aromatic carbocycles. The molecule has 0 aliphatic heterocycles. The van der Waals surface area contributed by atoms with Crippen LogP contribution >= 0.6 is 0 Å². The van der Waals surface area contributed by atoms with Gasteiger partial charge in [0, 0.05) is 21.7 Å². The fraction of sp³-hybridized carbons (Fsp3) is 0.278. The Morgan fingerprint density at radius 1 is 1.07 bits per heavy atom. The number of aliphatic hydroxyl groups is 4. The van der Waals surface area contributed by atoms with Gasteiger partial charge < -0.3 is 31.4 Å². The van der Waals surface area contributed by atoms with Gasteiger partial charge >= 0.3 is 0 Å². The van der Waals surface area contributed by atoms with E-state index in [-0.39, 0.29) is 37.7 Å². The second kappa shape index (κ2) is 5.33. The lowest BCUT2D eigenvalue weighted by atomic mass is 9.76. The summed E-state index contributed by atoms with van der Waals surface area (Å²) in [5.74, 6) is 4.99. The van der Waals surface area contributed by atoms with E-state index in [4.69, 9.17) is 5.84 Å². The molecule has 0 fully saturated rings. The second-order valence-electron chi connectivity index (χ2n) is 6.93. The summed E-state index contributed by atoms with van der Waals surface area (Å²) >= 11 is 0. The monoisotopic (exact) mass is 372 g/mol. The van der Waals surface area contributed by atoms with Gasteiger partial charge in [0.15, 0.2) is 5.43 Å². The molecule has 9 nitrogen and oxygen atoms in total. The zero-order valence-electron chi connectivity index (χ0n) is 14.0. The van der Waals surface area contributed by atoms with Gasteiger partial charge in [-0.25, -0.2) is 0 Å². The van der Waals surface area contributed by atoms with Crippen molar-refractivity contribution >= 4 is 10.8 Å². The van der Waals surface area contributed by atoms with E-state index in [9.17, 15) is 35.1 Å². The SMILES string of the molecule is CC1(O)C(O)c2c(c3c(=O)c4cccc(O)c4c(=O)c=3c2=NN)C(O)C1O. The maximum atomic E-state index is 13.0. The van der Waals surface area contributed by atoms with Gasteiger partial charge in [-0.05, 0) is 13.0 Å². The lowest BCUT2D eigenvalue weighted by Crippen LogP contribution is -2.52. The number of aliphatic hydroxyl groups excluding tert-OH is 3. The van der Waals surface area contributed by atoms with Crippen molar-refractivity contribution in [3.63, 3.8) is 0 Å². The molecule has 3 aliphatic carbocycles. The molecule has 3 aliphatic rings. The number of nitrogens with two attached hydrogens (primary N) is 1. The van der Waals surface area contributed by atoms with Crippen molar-refractivity contribution in [3.05, 3.63) is 65.6 Å². The number of phenols is 1. The summed E-state index contributed by atoms with van der Waals surface area (Å²) in [7, 11) is 0. The Morgan fingerprint density at radius 2 is 1.74 bits per heavy atom. The maximum Gasteiger partial charge on any atom is 0.200 e. The van der Waals surface area contributed by atoms with Crippen LogP contribution in [0.25, 0.3) is 10.8 Å². The second-order valence-corrected chi connectivity index (χ2v) is 6.93. The Kier molecular flexibility index (Phi) is 3.47. The van der Waals surface area contributed by atoms with Crippen molar-refractivity contribution < 1.29 is 25.5 Å². The molecule has 4 rings (SSSR count). The summed E-state index contributed by atoms with van der Waals surface area (Å²) in [6.45, 7) is 1.10. The van der Waals surface area contributed by atoms with Gasteiger partial charge in [0.05, 0.1) is 10.6 Å². The molecule has 0 radical (unpaired) electrons. The lowest BCUT2D eigenvalue weighted by molar-refractivity contribution is -0.181. The summed E-state index contributed by atoms with van der Waals surface area (Å²) in [5, 5.41) is 54.2. The summed E-state index contributed by atoms with van der Waals surface area (Å²) < 4.78 is 0. The molecule has 0 aromatic heterocycles. The number of nitrogens with zero attached hydrogens (tertiary/aromatic N) is 1. The molecule has 0 heterocycles. The van der Waals surface area contributed by atoms with Gasteiger partial charge in [-0.15, -0.1) is 0 Å². The van der Waals surface area contributed by atoms with Crippen LogP contribution in [0.3, 0.4) is 0 Å². The quantitative estimate of drug-likeness (QED) is 0.191. The first kappa shape index (κ1) is 17.6. The largest absolute Gasteiger partial charge is 0.507 e. The number of aromatic hydroxyl groups is 1. The van der Waals surface area contributed by atoms with Crippen LogP contribution in [-0.4, -0.2) is 37.2 Å². The number of benzene rings is 1. The molecule has 0 spiro atoms. The molecule has 0 amide bonds. The number of hydrogen-bond donors (Lipinski definition) is 6. The first-order valence-electron chi connectivity index (χ1n) is 8.09. The molecule has 1 aromatic rings. The molecule has 9 heteroatoms. The van der Waals surface area contributed by atoms with E-state index in [1.165, 1.54) is 18.2 Å². The normalized spacial score (nSPS) is 28.8. The predicted octanol–water partition coefficient (Wildman–Crippen LogP) is -2.17. The fourth-order valence-corrected chi connectivity index (χ4v) is 3.98. The van der Waals surface area contributed by atoms with Crippen molar-refractivity contribution in [1.29, 1.82) is 0 Å². The van der Waals surface area contributed by atoms with E-state index in [0.717, 1.165) is 6.92 Å². The van der Waals surface area contributed by atoms with E-state index >= 15 is 0 Å². The summed E-state index contributed by atoms with van der Waals surface area (Å²) in [4.78, 5) is 26.1. The molecule has 140 valence electrons. The van der Waals surface area contributed by atoms with Crippen molar-refractivity contribution in [2.24, 2.45) is 10.9 Å². The van der Waals surface area contributed by atoms with Crippen LogP contribution in [-0.2, 0) is 0 Å². The Bertz CT molecular complexity index is 1320. The highest BCUT2D eigenvalue weighted by Crippen LogP contribution is 2.42. The molecule has 0 saturated heterocycles. The number of rotatable bonds is 0. The minimum atomic E-state index is -2.18. The number of fused-ring (bicyclic) bond motifs is 3. The Labute approximate surface area is 150 Å². The van der Waals surface area contributed by atoms with E-state index < -0.39 is 40.5 Å². The van der Waals surface area contributed by atoms with Gasteiger partial charge in [-0.2, -0.15) is 5.10 Å². The van der Waals surface area contributed by atoms with Crippen LogP contribution < -0.4 is 22.1 Å². The Morgan fingerprint density at radius 3 is 2.37 bits per heavy atom. The van der Waals surface area contributed by atoms with Crippen LogP contribution in [0, 0.1) is 10.4 Å². The van der Waals surface area contributed by atoms with Crippen molar-refractivity contribution in [3.8, 4) is 5.75 Å². The highest BCUT2D eigenvalue weighted by molar-refractivity contribution is 5.88. The molecular formula is C18H16N2O7. The molecule has 0 saturated carbocycles. The molecule has 0 bridgehead atoms. The van der Waals surface area contributed by atoms with E-state index in [1.54, 1.807) is 0 Å². The summed E-state index contributed by atoms with van der Waals surface area (Å²) in [6, 6.07) is 3.98. The highest BCUT2D eigenvalue weighted by Gasteiger charge is 2.51. The topological polar surface area (TPSA) is 174 Å². The molecule has 4 atom stereocenters. The summed E-state index contributed by atoms with van der Waals surface area (Å²) in [6.07, 6.45) is -5.36.